The van der Waals surface area contributed by atoms with Crippen LogP contribution in [0.3, 0.4) is 0 Å². The Morgan fingerprint density at radius 3 is 2.00 bits per heavy atom. The maximum atomic E-state index is 12.5. The molecule has 0 aliphatic rings. The average molecular weight is 383 g/mol. The maximum absolute atomic E-state index is 12.5. The first-order valence-electron chi connectivity index (χ1n) is 10.6. The van der Waals surface area contributed by atoms with Gasteiger partial charge in [0, 0.05) is 12.2 Å². The number of carbonyl (C=O) groups is 1. The smallest absolute Gasteiger partial charge is 0.191 e. The van der Waals surface area contributed by atoms with Crippen LogP contribution in [0, 0.1) is 0 Å². The summed E-state index contributed by atoms with van der Waals surface area (Å²) in [5, 5.41) is 0. The number of ether oxygens (including phenoxy) is 2. The van der Waals surface area contributed by atoms with Crippen molar-refractivity contribution in [1.29, 1.82) is 0 Å². The molecule has 28 heavy (non-hydrogen) atoms. The summed E-state index contributed by atoms with van der Waals surface area (Å²) in [5.41, 5.74) is 2.90. The van der Waals surface area contributed by atoms with Crippen molar-refractivity contribution in [3.8, 4) is 16.9 Å². The number of carbonyl (C=O) groups excluding carboxylic acids is 1. The molecule has 0 aromatic heterocycles. The Kier molecular flexibility index (Phi) is 9.78. The van der Waals surface area contributed by atoms with E-state index in [0.717, 1.165) is 42.7 Å². The van der Waals surface area contributed by atoms with Crippen LogP contribution in [0.5, 0.6) is 5.75 Å². The van der Waals surface area contributed by atoms with E-state index in [1.54, 1.807) is 0 Å². The zero-order chi connectivity index (χ0) is 20.2. The molecule has 0 fully saturated rings. The quantitative estimate of drug-likeness (QED) is 0.285. The molecule has 2 aromatic rings. The van der Waals surface area contributed by atoms with E-state index in [-0.39, 0.29) is 5.78 Å². The molecule has 3 nitrogen and oxygen atoms in total. The molecule has 152 valence electrons. The first-order valence-corrected chi connectivity index (χ1v) is 10.6. The Bertz CT molecular complexity index is 689. The van der Waals surface area contributed by atoms with Gasteiger partial charge in [-0.2, -0.15) is 0 Å². The minimum atomic E-state index is -0.397. The van der Waals surface area contributed by atoms with Gasteiger partial charge >= 0.3 is 0 Å². The van der Waals surface area contributed by atoms with Crippen molar-refractivity contribution in [2.75, 3.05) is 13.2 Å². The van der Waals surface area contributed by atoms with Crippen molar-refractivity contribution in [2.45, 2.75) is 65.4 Å². The van der Waals surface area contributed by atoms with Crippen molar-refractivity contribution in [3.05, 3.63) is 54.1 Å². The van der Waals surface area contributed by atoms with Gasteiger partial charge in [0.25, 0.3) is 0 Å². The van der Waals surface area contributed by atoms with Crippen LogP contribution < -0.4 is 4.74 Å². The fourth-order valence-electron chi connectivity index (χ4n) is 3.00. The van der Waals surface area contributed by atoms with Crippen molar-refractivity contribution in [1.82, 2.24) is 0 Å². The van der Waals surface area contributed by atoms with Gasteiger partial charge in [-0.05, 0) is 43.0 Å². The molecule has 1 atom stereocenters. The summed E-state index contributed by atoms with van der Waals surface area (Å²) in [6, 6.07) is 15.9. The van der Waals surface area contributed by atoms with Crippen LogP contribution in [0.15, 0.2) is 48.5 Å². The predicted octanol–water partition coefficient (Wildman–Crippen LogP) is 6.70. The third kappa shape index (κ3) is 7.12. The molecule has 0 heterocycles. The predicted molar refractivity (Wildman–Crippen MR) is 116 cm³/mol. The number of Topliss-reactive ketones (excluding diaryl/α,β-unsaturated/α-hetero) is 1. The molecule has 0 saturated heterocycles. The van der Waals surface area contributed by atoms with Crippen LogP contribution in [0.1, 0.15) is 69.7 Å². The minimum absolute atomic E-state index is 0.0365. The molecule has 0 radical (unpaired) electrons. The molecule has 2 rings (SSSR count). The molecule has 0 spiro atoms. The summed E-state index contributed by atoms with van der Waals surface area (Å²) in [5.74, 6) is 0.944. The first kappa shape index (κ1) is 22.2. The third-order valence-electron chi connectivity index (χ3n) is 4.86. The Morgan fingerprint density at radius 2 is 1.39 bits per heavy atom. The normalized spacial score (nSPS) is 12.0. The van der Waals surface area contributed by atoms with E-state index in [4.69, 9.17) is 9.47 Å². The first-order chi connectivity index (χ1) is 13.7. The lowest BCUT2D eigenvalue weighted by molar-refractivity contribution is 0.0468. The summed E-state index contributed by atoms with van der Waals surface area (Å²) in [6.07, 6.45) is 6.49. The van der Waals surface area contributed by atoms with Gasteiger partial charge in [-0.3, -0.25) is 4.79 Å². The van der Waals surface area contributed by atoms with Crippen LogP contribution >= 0.6 is 0 Å². The highest BCUT2D eigenvalue weighted by atomic mass is 16.5. The zero-order valence-electron chi connectivity index (χ0n) is 17.6. The van der Waals surface area contributed by atoms with Crippen molar-refractivity contribution in [2.24, 2.45) is 0 Å². The lowest BCUT2D eigenvalue weighted by atomic mass is 10.0. The number of hydrogen-bond acceptors (Lipinski definition) is 3. The second-order valence-electron chi connectivity index (χ2n) is 7.24. The molecule has 2 aromatic carbocycles. The summed E-state index contributed by atoms with van der Waals surface area (Å²) in [4.78, 5) is 12.5. The van der Waals surface area contributed by atoms with E-state index < -0.39 is 6.10 Å². The van der Waals surface area contributed by atoms with E-state index >= 15 is 0 Å². The Morgan fingerprint density at radius 1 is 0.786 bits per heavy atom. The van der Waals surface area contributed by atoms with Crippen LogP contribution in [0.25, 0.3) is 11.1 Å². The average Bonchev–Trinajstić information content (AvgIpc) is 2.74. The molecule has 0 aliphatic carbocycles. The number of hydrogen-bond donors (Lipinski definition) is 0. The maximum Gasteiger partial charge on any atom is 0.191 e. The summed E-state index contributed by atoms with van der Waals surface area (Å²) in [6.45, 7) is 7.56. The lowest BCUT2D eigenvalue weighted by Crippen LogP contribution is -2.21. The number of ketones is 1. The SMILES string of the molecule is CCCCCCOc1ccc(-c2ccc(C(=O)C(C)OCCCC)cc2)cc1. The lowest BCUT2D eigenvalue weighted by Gasteiger charge is -2.12. The molecular formula is C25H34O3. The third-order valence-corrected chi connectivity index (χ3v) is 4.86. The Labute approximate surface area is 170 Å². The summed E-state index contributed by atoms with van der Waals surface area (Å²) < 4.78 is 11.4. The second kappa shape index (κ2) is 12.4. The Balaban J connectivity index is 1.89. The van der Waals surface area contributed by atoms with Gasteiger partial charge in [0.15, 0.2) is 5.78 Å². The number of unbranched alkanes of at least 4 members (excludes halogenated alkanes) is 4. The molecule has 0 bridgehead atoms. The molecular weight excluding hydrogens is 348 g/mol. The molecule has 0 N–H and O–H groups in total. The fraction of sp³-hybridized carbons (Fsp3) is 0.480. The van der Waals surface area contributed by atoms with Crippen LogP contribution in [-0.4, -0.2) is 25.1 Å². The monoisotopic (exact) mass is 382 g/mol. The van der Waals surface area contributed by atoms with Crippen molar-refractivity contribution in [3.63, 3.8) is 0 Å². The van der Waals surface area contributed by atoms with E-state index in [2.05, 4.69) is 26.0 Å². The summed E-state index contributed by atoms with van der Waals surface area (Å²) in [7, 11) is 0. The van der Waals surface area contributed by atoms with Gasteiger partial charge in [0.1, 0.15) is 11.9 Å². The van der Waals surface area contributed by atoms with E-state index in [1.807, 2.05) is 43.3 Å². The molecule has 1 unspecified atom stereocenters. The van der Waals surface area contributed by atoms with Gasteiger partial charge in [-0.15, -0.1) is 0 Å². The van der Waals surface area contributed by atoms with Gasteiger partial charge in [0.2, 0.25) is 0 Å². The standard InChI is InChI=1S/C25H34O3/c1-4-6-8-9-19-28-24-16-14-22(15-17-24)21-10-12-23(13-11-21)25(26)20(3)27-18-7-5-2/h10-17,20H,4-9,18-19H2,1-3H3. The zero-order valence-corrected chi connectivity index (χ0v) is 17.6. The molecule has 0 aliphatic heterocycles. The van der Waals surface area contributed by atoms with Crippen molar-refractivity contribution < 1.29 is 14.3 Å². The molecule has 3 heteroatoms. The van der Waals surface area contributed by atoms with Crippen molar-refractivity contribution >= 4 is 5.78 Å². The van der Waals surface area contributed by atoms with Gasteiger partial charge in [0.05, 0.1) is 6.61 Å². The molecule has 0 saturated carbocycles. The van der Waals surface area contributed by atoms with E-state index in [9.17, 15) is 4.79 Å². The second-order valence-corrected chi connectivity index (χ2v) is 7.24. The highest BCUT2D eigenvalue weighted by Crippen LogP contribution is 2.23. The van der Waals surface area contributed by atoms with E-state index in [0.29, 0.717) is 12.2 Å². The largest absolute Gasteiger partial charge is 0.494 e. The van der Waals surface area contributed by atoms with E-state index in [1.165, 1.54) is 19.3 Å². The highest BCUT2D eigenvalue weighted by Gasteiger charge is 2.15. The van der Waals surface area contributed by atoms with Crippen LogP contribution in [0.4, 0.5) is 0 Å². The molecule has 0 amide bonds. The topological polar surface area (TPSA) is 35.5 Å². The fourth-order valence-corrected chi connectivity index (χ4v) is 3.00. The van der Waals surface area contributed by atoms with Gasteiger partial charge in [-0.1, -0.05) is 75.9 Å². The minimum Gasteiger partial charge on any atom is -0.494 e. The van der Waals surface area contributed by atoms with Crippen LogP contribution in [0.2, 0.25) is 0 Å². The summed E-state index contributed by atoms with van der Waals surface area (Å²) >= 11 is 0. The number of benzene rings is 2. The van der Waals surface area contributed by atoms with Gasteiger partial charge in [-0.25, -0.2) is 0 Å². The van der Waals surface area contributed by atoms with Gasteiger partial charge < -0.3 is 9.47 Å². The highest BCUT2D eigenvalue weighted by molar-refractivity contribution is 5.99. The Hall–Kier alpha value is -2.13. The van der Waals surface area contributed by atoms with Crippen LogP contribution in [-0.2, 0) is 4.74 Å². The number of rotatable bonds is 13.